The van der Waals surface area contributed by atoms with Crippen LogP contribution in [0.4, 0.5) is 5.69 Å². The third-order valence-electron chi connectivity index (χ3n) is 5.55. The number of aromatic nitrogens is 4. The van der Waals surface area contributed by atoms with Crippen molar-refractivity contribution in [2.75, 3.05) is 26.6 Å². The number of hydrogen-bond donors (Lipinski definition) is 1. The summed E-state index contributed by atoms with van der Waals surface area (Å²) in [5.41, 5.74) is 3.32. The van der Waals surface area contributed by atoms with Crippen LogP contribution in [0, 0.1) is 13.8 Å². The summed E-state index contributed by atoms with van der Waals surface area (Å²) in [6.07, 6.45) is 3.86. The lowest BCUT2D eigenvalue weighted by atomic mass is 10.1. The van der Waals surface area contributed by atoms with Crippen molar-refractivity contribution in [1.29, 1.82) is 0 Å². The topological polar surface area (TPSA) is 109 Å². The third kappa shape index (κ3) is 4.81. The van der Waals surface area contributed by atoms with Gasteiger partial charge in [0.05, 0.1) is 21.3 Å². The fraction of sp³-hybridized carbons (Fsp3) is 0.280. The van der Waals surface area contributed by atoms with Gasteiger partial charge in [-0.2, -0.15) is 0 Å². The van der Waals surface area contributed by atoms with Gasteiger partial charge in [-0.25, -0.2) is 0 Å². The molecule has 10 heteroatoms. The van der Waals surface area contributed by atoms with Gasteiger partial charge in [-0.1, -0.05) is 6.07 Å². The van der Waals surface area contributed by atoms with Gasteiger partial charge in [-0.05, 0) is 37.1 Å². The standard InChI is InChI=1S/C25H27N5O5/c1-15-10-16(2)12-18(11-15)29-8-9-30-21(27-28-24(30)25(29)32)6-7-22(31)26-17-13-19(33-3)23(35-5)20(14-17)34-4/h8-14H,6-7H2,1-5H3,(H,26,31). The quantitative estimate of drug-likeness (QED) is 0.415. The lowest BCUT2D eigenvalue weighted by Gasteiger charge is -2.14. The lowest BCUT2D eigenvalue weighted by Crippen LogP contribution is -2.21. The molecule has 0 atom stereocenters. The van der Waals surface area contributed by atoms with Crippen LogP contribution in [0.3, 0.4) is 0 Å². The van der Waals surface area contributed by atoms with Crippen LogP contribution in [0.25, 0.3) is 11.3 Å². The van der Waals surface area contributed by atoms with Gasteiger partial charge in [0, 0.05) is 48.7 Å². The second-order valence-corrected chi connectivity index (χ2v) is 8.09. The van der Waals surface area contributed by atoms with Crippen molar-refractivity contribution in [3.8, 4) is 22.9 Å². The van der Waals surface area contributed by atoms with Gasteiger partial charge < -0.3 is 19.5 Å². The summed E-state index contributed by atoms with van der Waals surface area (Å²) in [5.74, 6) is 1.59. The van der Waals surface area contributed by atoms with Gasteiger partial charge in [0.2, 0.25) is 17.3 Å². The minimum Gasteiger partial charge on any atom is -0.493 e. The van der Waals surface area contributed by atoms with Crippen LogP contribution in [0.15, 0.2) is 47.5 Å². The van der Waals surface area contributed by atoms with Crippen LogP contribution in [-0.2, 0) is 11.2 Å². The molecule has 4 rings (SSSR count). The highest BCUT2D eigenvalue weighted by Crippen LogP contribution is 2.39. The van der Waals surface area contributed by atoms with Crippen LogP contribution in [0.5, 0.6) is 17.2 Å². The number of aryl methyl sites for hydroxylation is 3. The summed E-state index contributed by atoms with van der Waals surface area (Å²) in [7, 11) is 4.53. The molecule has 182 valence electrons. The highest BCUT2D eigenvalue weighted by atomic mass is 16.5. The molecule has 0 saturated carbocycles. The van der Waals surface area contributed by atoms with Gasteiger partial charge in [0.25, 0.3) is 0 Å². The Morgan fingerprint density at radius 1 is 0.914 bits per heavy atom. The number of ether oxygens (including phenoxy) is 3. The average molecular weight is 478 g/mol. The number of nitrogens with zero attached hydrogens (tertiary/aromatic N) is 4. The summed E-state index contributed by atoms with van der Waals surface area (Å²) in [4.78, 5) is 25.7. The molecule has 0 unspecified atom stereocenters. The van der Waals surface area contributed by atoms with E-state index < -0.39 is 0 Å². The van der Waals surface area contributed by atoms with Crippen LogP contribution in [0.1, 0.15) is 23.4 Å². The zero-order chi connectivity index (χ0) is 25.1. The van der Waals surface area contributed by atoms with Crippen LogP contribution in [-0.4, -0.2) is 46.4 Å². The highest BCUT2D eigenvalue weighted by molar-refractivity contribution is 5.91. The number of benzene rings is 2. The van der Waals surface area contributed by atoms with Gasteiger partial charge in [0.1, 0.15) is 5.82 Å². The maximum absolute atomic E-state index is 13.0. The zero-order valence-corrected chi connectivity index (χ0v) is 20.3. The third-order valence-corrected chi connectivity index (χ3v) is 5.55. The highest BCUT2D eigenvalue weighted by Gasteiger charge is 2.16. The van der Waals surface area contributed by atoms with Crippen molar-refractivity contribution in [2.45, 2.75) is 26.7 Å². The Labute approximate surface area is 202 Å². The number of anilines is 1. The molecule has 2 aromatic carbocycles. The average Bonchev–Trinajstić information content (AvgIpc) is 3.25. The van der Waals surface area contributed by atoms with Crippen LogP contribution in [0.2, 0.25) is 0 Å². The molecule has 0 radical (unpaired) electrons. The normalized spacial score (nSPS) is 10.9. The molecule has 2 heterocycles. The molecule has 0 aliphatic rings. The molecule has 0 bridgehead atoms. The summed E-state index contributed by atoms with van der Waals surface area (Å²) in [6.45, 7) is 3.97. The van der Waals surface area contributed by atoms with E-state index in [1.807, 2.05) is 32.0 Å². The van der Waals surface area contributed by atoms with Gasteiger partial charge >= 0.3 is 5.56 Å². The number of methoxy groups -OCH3 is 3. The molecule has 0 fully saturated rings. The van der Waals surface area contributed by atoms with Crippen LogP contribution >= 0.6 is 0 Å². The first kappa shape index (κ1) is 23.8. The first-order valence-corrected chi connectivity index (χ1v) is 11.0. The first-order chi connectivity index (χ1) is 16.8. The summed E-state index contributed by atoms with van der Waals surface area (Å²) in [5, 5.41) is 11.1. The minimum absolute atomic E-state index is 0.137. The van der Waals surface area contributed by atoms with E-state index in [0.717, 1.165) is 16.8 Å². The van der Waals surface area contributed by atoms with Crippen molar-refractivity contribution in [1.82, 2.24) is 19.2 Å². The van der Waals surface area contributed by atoms with Crippen molar-refractivity contribution in [3.63, 3.8) is 0 Å². The molecule has 2 aromatic heterocycles. The van der Waals surface area contributed by atoms with Crippen molar-refractivity contribution in [3.05, 3.63) is 70.0 Å². The largest absolute Gasteiger partial charge is 0.493 e. The number of nitrogens with one attached hydrogen (secondary N) is 1. The number of amides is 1. The summed E-state index contributed by atoms with van der Waals surface area (Å²) < 4.78 is 19.1. The lowest BCUT2D eigenvalue weighted by molar-refractivity contribution is -0.116. The molecule has 35 heavy (non-hydrogen) atoms. The minimum atomic E-state index is -0.280. The van der Waals surface area contributed by atoms with Crippen molar-refractivity contribution >= 4 is 17.2 Å². The van der Waals surface area contributed by atoms with E-state index in [2.05, 4.69) is 15.5 Å². The van der Waals surface area contributed by atoms with E-state index in [0.29, 0.717) is 35.2 Å². The van der Waals surface area contributed by atoms with Gasteiger partial charge in [0.15, 0.2) is 11.5 Å². The van der Waals surface area contributed by atoms with E-state index in [9.17, 15) is 9.59 Å². The molecule has 0 saturated heterocycles. The fourth-order valence-corrected chi connectivity index (χ4v) is 4.00. The molecule has 1 amide bonds. The zero-order valence-electron chi connectivity index (χ0n) is 20.3. The molecule has 0 spiro atoms. The Morgan fingerprint density at radius 2 is 1.57 bits per heavy atom. The summed E-state index contributed by atoms with van der Waals surface area (Å²) in [6, 6.07) is 9.24. The molecular weight excluding hydrogens is 450 g/mol. The van der Waals surface area contributed by atoms with E-state index in [4.69, 9.17) is 14.2 Å². The first-order valence-electron chi connectivity index (χ1n) is 11.0. The maximum atomic E-state index is 13.0. The molecule has 10 nitrogen and oxygen atoms in total. The van der Waals surface area contributed by atoms with E-state index in [-0.39, 0.29) is 23.5 Å². The smallest absolute Gasteiger partial charge is 0.300 e. The Morgan fingerprint density at radius 3 is 2.17 bits per heavy atom. The number of carbonyl (C=O) groups excluding carboxylic acids is 1. The number of rotatable bonds is 8. The Bertz CT molecular complexity index is 1410. The predicted octanol–water partition coefficient (Wildman–Crippen LogP) is 3.09. The Kier molecular flexibility index (Phi) is 6.72. The van der Waals surface area contributed by atoms with Gasteiger partial charge in [-0.15, -0.1) is 10.2 Å². The molecule has 4 aromatic rings. The van der Waals surface area contributed by atoms with Crippen molar-refractivity contribution in [2.24, 2.45) is 0 Å². The van der Waals surface area contributed by atoms with Crippen molar-refractivity contribution < 1.29 is 19.0 Å². The van der Waals surface area contributed by atoms with E-state index >= 15 is 0 Å². The molecule has 1 N–H and O–H groups in total. The molecule has 0 aliphatic heterocycles. The Balaban J connectivity index is 1.51. The fourth-order valence-electron chi connectivity index (χ4n) is 4.00. The number of carbonyl (C=O) groups is 1. The summed E-state index contributed by atoms with van der Waals surface area (Å²) >= 11 is 0. The molecular formula is C25H27N5O5. The molecule has 0 aliphatic carbocycles. The second kappa shape index (κ2) is 9.88. The van der Waals surface area contributed by atoms with E-state index in [1.165, 1.54) is 21.3 Å². The van der Waals surface area contributed by atoms with Crippen LogP contribution < -0.4 is 25.1 Å². The monoisotopic (exact) mass is 477 g/mol. The number of hydrogen-bond acceptors (Lipinski definition) is 7. The second-order valence-electron chi connectivity index (χ2n) is 8.09. The Hall–Kier alpha value is -4.34. The SMILES string of the molecule is COc1cc(NC(=O)CCc2nnc3c(=O)n(-c4cc(C)cc(C)c4)ccn23)cc(OC)c1OC. The number of fused-ring (bicyclic) bond motifs is 1. The predicted molar refractivity (Wildman–Crippen MR) is 131 cm³/mol. The van der Waals surface area contributed by atoms with E-state index in [1.54, 1.807) is 33.5 Å². The van der Waals surface area contributed by atoms with Gasteiger partial charge in [-0.3, -0.25) is 18.6 Å². The maximum Gasteiger partial charge on any atom is 0.300 e.